The van der Waals surface area contributed by atoms with E-state index in [4.69, 9.17) is 0 Å². The van der Waals surface area contributed by atoms with Gasteiger partial charge < -0.3 is 10.2 Å². The predicted octanol–water partition coefficient (Wildman–Crippen LogP) is 3.32. The molecular formula is C17H20N4. The molecule has 1 aromatic carbocycles. The van der Waals surface area contributed by atoms with E-state index in [9.17, 15) is 0 Å². The van der Waals surface area contributed by atoms with E-state index < -0.39 is 0 Å². The summed E-state index contributed by atoms with van der Waals surface area (Å²) in [5, 5.41) is 7.86. The number of rotatable bonds is 4. The van der Waals surface area contributed by atoms with Gasteiger partial charge in [-0.25, -0.2) is 4.52 Å². The molecule has 0 bridgehead atoms. The second-order valence-electron chi connectivity index (χ2n) is 5.45. The summed E-state index contributed by atoms with van der Waals surface area (Å²) >= 11 is 0. The fourth-order valence-corrected chi connectivity index (χ4v) is 2.44. The van der Waals surface area contributed by atoms with Crippen molar-refractivity contribution in [3.05, 3.63) is 59.9 Å². The number of fused-ring (bicyclic) bond motifs is 1. The van der Waals surface area contributed by atoms with Crippen LogP contribution >= 0.6 is 0 Å². The van der Waals surface area contributed by atoms with E-state index in [1.54, 1.807) is 0 Å². The molecule has 1 N–H and O–H groups in total. The Bertz CT molecular complexity index is 758. The third kappa shape index (κ3) is 2.70. The van der Waals surface area contributed by atoms with E-state index in [2.05, 4.69) is 60.6 Å². The van der Waals surface area contributed by atoms with Crippen LogP contribution in [0, 0.1) is 6.92 Å². The summed E-state index contributed by atoms with van der Waals surface area (Å²) in [6, 6.07) is 12.6. The van der Waals surface area contributed by atoms with Gasteiger partial charge in [-0.05, 0) is 42.8 Å². The minimum Gasteiger partial charge on any atom is -0.381 e. The average Bonchev–Trinajstić information content (AvgIpc) is 2.89. The van der Waals surface area contributed by atoms with Crippen LogP contribution in [0.5, 0.6) is 0 Å². The molecule has 3 aromatic rings. The Kier molecular flexibility index (Phi) is 3.52. The maximum atomic E-state index is 4.36. The summed E-state index contributed by atoms with van der Waals surface area (Å²) < 4.78 is 1.90. The minimum atomic E-state index is 0.773. The molecule has 0 aliphatic rings. The summed E-state index contributed by atoms with van der Waals surface area (Å²) in [6.07, 6.45) is 3.89. The normalized spacial score (nSPS) is 10.8. The van der Waals surface area contributed by atoms with E-state index in [0.717, 1.165) is 17.7 Å². The van der Waals surface area contributed by atoms with Crippen molar-refractivity contribution < 1.29 is 0 Å². The van der Waals surface area contributed by atoms with Crippen LogP contribution in [-0.2, 0) is 6.54 Å². The number of nitrogens with one attached hydrogen (secondary N) is 1. The van der Waals surface area contributed by atoms with Crippen LogP contribution in [0.25, 0.3) is 5.52 Å². The van der Waals surface area contributed by atoms with E-state index in [1.165, 1.54) is 16.8 Å². The van der Waals surface area contributed by atoms with E-state index >= 15 is 0 Å². The van der Waals surface area contributed by atoms with Crippen molar-refractivity contribution in [2.24, 2.45) is 0 Å². The first-order chi connectivity index (χ1) is 10.1. The Balaban J connectivity index is 1.79. The largest absolute Gasteiger partial charge is 0.381 e. The quantitative estimate of drug-likeness (QED) is 0.795. The molecule has 4 heteroatoms. The maximum Gasteiger partial charge on any atom is 0.0711 e. The molecule has 0 radical (unpaired) electrons. The topological polar surface area (TPSA) is 32.6 Å². The number of benzene rings is 1. The third-order valence-corrected chi connectivity index (χ3v) is 3.70. The SMILES string of the molecule is Cc1cc(N(C)C)ccc1NCc1cnn2ccccc12. The number of pyridine rings is 1. The van der Waals surface area contributed by atoms with Crippen molar-refractivity contribution in [2.75, 3.05) is 24.3 Å². The molecule has 3 rings (SSSR count). The Labute approximate surface area is 125 Å². The van der Waals surface area contributed by atoms with E-state index in [0.29, 0.717) is 0 Å². The second-order valence-corrected chi connectivity index (χ2v) is 5.45. The van der Waals surface area contributed by atoms with Gasteiger partial charge in [0, 0.05) is 43.8 Å². The monoisotopic (exact) mass is 280 g/mol. The molecule has 0 atom stereocenters. The molecule has 0 aliphatic carbocycles. The van der Waals surface area contributed by atoms with Gasteiger partial charge in [-0.1, -0.05) is 6.07 Å². The van der Waals surface area contributed by atoms with Gasteiger partial charge in [-0.15, -0.1) is 0 Å². The van der Waals surface area contributed by atoms with Crippen molar-refractivity contribution >= 4 is 16.9 Å². The van der Waals surface area contributed by atoms with Crippen LogP contribution in [0.1, 0.15) is 11.1 Å². The highest BCUT2D eigenvalue weighted by Gasteiger charge is 2.05. The van der Waals surface area contributed by atoms with Crippen LogP contribution in [0.4, 0.5) is 11.4 Å². The van der Waals surface area contributed by atoms with Gasteiger partial charge in [0.05, 0.1) is 11.7 Å². The first kappa shape index (κ1) is 13.5. The molecule has 0 saturated heterocycles. The highest BCUT2D eigenvalue weighted by Crippen LogP contribution is 2.22. The molecule has 4 nitrogen and oxygen atoms in total. The molecular weight excluding hydrogens is 260 g/mol. The molecule has 0 saturated carbocycles. The molecule has 2 aromatic heterocycles. The minimum absolute atomic E-state index is 0.773. The van der Waals surface area contributed by atoms with Gasteiger partial charge in [-0.2, -0.15) is 5.10 Å². The van der Waals surface area contributed by atoms with Gasteiger partial charge in [0.15, 0.2) is 0 Å². The smallest absolute Gasteiger partial charge is 0.0711 e. The standard InChI is InChI=1S/C17H20N4/c1-13-10-15(20(2)3)7-8-16(13)18-11-14-12-19-21-9-5-4-6-17(14)21/h4-10,12,18H,11H2,1-3H3. The van der Waals surface area contributed by atoms with Crippen molar-refractivity contribution in [1.82, 2.24) is 9.61 Å². The fraction of sp³-hybridized carbons (Fsp3) is 0.235. The summed E-state index contributed by atoms with van der Waals surface area (Å²) in [5.74, 6) is 0. The fourth-order valence-electron chi connectivity index (χ4n) is 2.44. The zero-order chi connectivity index (χ0) is 14.8. The van der Waals surface area contributed by atoms with Crippen molar-refractivity contribution in [3.63, 3.8) is 0 Å². The Hall–Kier alpha value is -2.49. The Morgan fingerprint density at radius 2 is 2.05 bits per heavy atom. The van der Waals surface area contributed by atoms with Crippen LogP contribution in [0.3, 0.4) is 0 Å². The number of anilines is 2. The first-order valence-corrected chi connectivity index (χ1v) is 7.08. The molecule has 0 aliphatic heterocycles. The highest BCUT2D eigenvalue weighted by molar-refractivity contribution is 5.61. The number of nitrogens with zero attached hydrogens (tertiary/aromatic N) is 3. The average molecular weight is 280 g/mol. The number of aryl methyl sites for hydroxylation is 1. The van der Waals surface area contributed by atoms with Crippen LogP contribution in [0.15, 0.2) is 48.8 Å². The van der Waals surface area contributed by atoms with E-state index in [1.807, 2.05) is 29.0 Å². The Morgan fingerprint density at radius 3 is 2.81 bits per heavy atom. The number of aromatic nitrogens is 2. The van der Waals surface area contributed by atoms with Gasteiger partial charge in [0.25, 0.3) is 0 Å². The third-order valence-electron chi connectivity index (χ3n) is 3.70. The summed E-state index contributed by atoms with van der Waals surface area (Å²) in [6.45, 7) is 2.90. The van der Waals surface area contributed by atoms with Crippen molar-refractivity contribution in [2.45, 2.75) is 13.5 Å². The van der Waals surface area contributed by atoms with Crippen LogP contribution < -0.4 is 10.2 Å². The van der Waals surface area contributed by atoms with Crippen LogP contribution in [0.2, 0.25) is 0 Å². The number of hydrogen-bond donors (Lipinski definition) is 1. The zero-order valence-corrected chi connectivity index (χ0v) is 12.7. The van der Waals surface area contributed by atoms with Crippen molar-refractivity contribution in [3.8, 4) is 0 Å². The van der Waals surface area contributed by atoms with Gasteiger partial charge in [0.2, 0.25) is 0 Å². The summed E-state index contributed by atoms with van der Waals surface area (Å²) in [4.78, 5) is 2.11. The lowest BCUT2D eigenvalue weighted by atomic mass is 10.1. The number of hydrogen-bond acceptors (Lipinski definition) is 3. The first-order valence-electron chi connectivity index (χ1n) is 7.08. The summed E-state index contributed by atoms with van der Waals surface area (Å²) in [5.41, 5.74) is 5.97. The van der Waals surface area contributed by atoms with Crippen molar-refractivity contribution in [1.29, 1.82) is 0 Å². The molecule has 21 heavy (non-hydrogen) atoms. The lowest BCUT2D eigenvalue weighted by molar-refractivity contribution is 0.961. The Morgan fingerprint density at radius 1 is 1.19 bits per heavy atom. The second kappa shape index (κ2) is 5.48. The van der Waals surface area contributed by atoms with Gasteiger partial charge in [0.1, 0.15) is 0 Å². The lowest BCUT2D eigenvalue weighted by Gasteiger charge is -2.16. The van der Waals surface area contributed by atoms with E-state index in [-0.39, 0.29) is 0 Å². The van der Waals surface area contributed by atoms with Gasteiger partial charge in [-0.3, -0.25) is 0 Å². The predicted molar refractivity (Wildman–Crippen MR) is 88.0 cm³/mol. The molecule has 0 amide bonds. The molecule has 108 valence electrons. The lowest BCUT2D eigenvalue weighted by Crippen LogP contribution is -2.09. The summed E-state index contributed by atoms with van der Waals surface area (Å²) in [7, 11) is 4.11. The molecule has 0 unspecified atom stereocenters. The zero-order valence-electron chi connectivity index (χ0n) is 12.7. The maximum absolute atomic E-state index is 4.36. The molecule has 0 spiro atoms. The van der Waals surface area contributed by atoms with Crippen LogP contribution in [-0.4, -0.2) is 23.7 Å². The molecule has 0 fully saturated rings. The highest BCUT2D eigenvalue weighted by atomic mass is 15.2. The van der Waals surface area contributed by atoms with Gasteiger partial charge >= 0.3 is 0 Å². The molecule has 2 heterocycles.